The molecule has 0 fully saturated rings. The molecule has 4 heteroatoms. The molecule has 0 aliphatic rings. The molecule has 0 radical (unpaired) electrons. The third-order valence-electron chi connectivity index (χ3n) is 4.73. The number of ether oxygens (including phenoxy) is 2. The molecule has 28 heavy (non-hydrogen) atoms. The van der Waals surface area contributed by atoms with Crippen molar-refractivity contribution in [3.8, 4) is 11.5 Å². The van der Waals surface area contributed by atoms with Crippen LogP contribution < -0.4 is 14.8 Å². The Hall–Kier alpha value is -2.30. The highest BCUT2D eigenvalue weighted by atomic mass is 79.9. The maximum absolute atomic E-state index is 6.04. The minimum atomic E-state index is 0.518. The first-order chi connectivity index (χ1) is 13.7. The van der Waals surface area contributed by atoms with Crippen LogP contribution >= 0.6 is 15.9 Å². The van der Waals surface area contributed by atoms with Gasteiger partial charge in [-0.25, -0.2) is 0 Å². The van der Waals surface area contributed by atoms with Gasteiger partial charge in [0, 0.05) is 11.0 Å². The summed E-state index contributed by atoms with van der Waals surface area (Å²) in [7, 11) is 1.68. The van der Waals surface area contributed by atoms with Crippen LogP contribution in [0.3, 0.4) is 0 Å². The fourth-order valence-corrected chi connectivity index (χ4v) is 3.48. The molecule has 0 heterocycles. The maximum atomic E-state index is 6.04. The van der Waals surface area contributed by atoms with Gasteiger partial charge in [0.15, 0.2) is 11.5 Å². The summed E-state index contributed by atoms with van der Waals surface area (Å²) in [6.07, 6.45) is 1.01. The Morgan fingerprint density at radius 3 is 2.39 bits per heavy atom. The fraction of sp³-hybridized carbons (Fsp3) is 0.250. The van der Waals surface area contributed by atoms with Crippen molar-refractivity contribution in [2.45, 2.75) is 26.5 Å². The second-order valence-electron chi connectivity index (χ2n) is 6.72. The quantitative estimate of drug-likeness (QED) is 0.435. The summed E-state index contributed by atoms with van der Waals surface area (Å²) in [6.45, 7) is 4.30. The number of nitrogens with one attached hydrogen (secondary N) is 1. The Morgan fingerprint density at radius 1 is 0.893 bits per heavy atom. The Kier molecular flexibility index (Phi) is 7.52. The molecule has 3 rings (SSSR count). The number of hydrogen-bond donors (Lipinski definition) is 1. The van der Waals surface area contributed by atoms with E-state index in [0.717, 1.165) is 41.0 Å². The normalized spacial score (nSPS) is 10.7. The van der Waals surface area contributed by atoms with Crippen LogP contribution in [0, 0.1) is 6.92 Å². The first-order valence-electron chi connectivity index (χ1n) is 9.45. The van der Waals surface area contributed by atoms with Gasteiger partial charge < -0.3 is 14.8 Å². The molecule has 0 amide bonds. The Labute approximate surface area is 175 Å². The van der Waals surface area contributed by atoms with Gasteiger partial charge in [0.1, 0.15) is 6.61 Å². The van der Waals surface area contributed by atoms with Crippen molar-refractivity contribution in [2.24, 2.45) is 0 Å². The van der Waals surface area contributed by atoms with Crippen LogP contribution in [0.5, 0.6) is 11.5 Å². The van der Waals surface area contributed by atoms with Gasteiger partial charge in [-0.15, -0.1) is 0 Å². The minimum absolute atomic E-state index is 0.518. The molecule has 0 spiro atoms. The van der Waals surface area contributed by atoms with E-state index in [4.69, 9.17) is 9.47 Å². The summed E-state index contributed by atoms with van der Waals surface area (Å²) >= 11 is 3.67. The van der Waals surface area contributed by atoms with Crippen LogP contribution in [0.15, 0.2) is 71.2 Å². The van der Waals surface area contributed by atoms with Gasteiger partial charge >= 0.3 is 0 Å². The van der Waals surface area contributed by atoms with E-state index in [2.05, 4.69) is 64.6 Å². The van der Waals surface area contributed by atoms with E-state index >= 15 is 0 Å². The van der Waals surface area contributed by atoms with Crippen molar-refractivity contribution in [1.82, 2.24) is 5.32 Å². The van der Waals surface area contributed by atoms with Crippen molar-refractivity contribution in [3.05, 3.63) is 93.5 Å². The number of rotatable bonds is 9. The van der Waals surface area contributed by atoms with E-state index in [1.807, 2.05) is 30.3 Å². The average molecular weight is 440 g/mol. The number of aryl methyl sites for hydroxylation is 1. The average Bonchev–Trinajstić information content (AvgIpc) is 2.72. The van der Waals surface area contributed by atoms with E-state index < -0.39 is 0 Å². The van der Waals surface area contributed by atoms with Gasteiger partial charge in [0.05, 0.1) is 7.11 Å². The first-order valence-corrected chi connectivity index (χ1v) is 10.2. The van der Waals surface area contributed by atoms with Crippen LogP contribution in [-0.4, -0.2) is 13.7 Å². The van der Waals surface area contributed by atoms with Gasteiger partial charge in [-0.05, 0) is 54.3 Å². The van der Waals surface area contributed by atoms with Crippen molar-refractivity contribution in [2.75, 3.05) is 13.7 Å². The lowest BCUT2D eigenvalue weighted by Gasteiger charge is -2.15. The molecule has 1 N–H and O–H groups in total. The molecule has 0 saturated heterocycles. The van der Waals surface area contributed by atoms with E-state index in [1.165, 1.54) is 16.7 Å². The highest BCUT2D eigenvalue weighted by Crippen LogP contribution is 2.34. The predicted molar refractivity (Wildman–Crippen MR) is 118 cm³/mol. The minimum Gasteiger partial charge on any atom is -0.493 e. The lowest BCUT2D eigenvalue weighted by molar-refractivity contribution is 0.283. The van der Waals surface area contributed by atoms with Crippen LogP contribution in [0.4, 0.5) is 0 Å². The van der Waals surface area contributed by atoms with E-state index in [1.54, 1.807) is 7.11 Å². The number of methoxy groups -OCH3 is 1. The molecule has 3 nitrogen and oxygen atoms in total. The van der Waals surface area contributed by atoms with Crippen LogP contribution in [0.2, 0.25) is 0 Å². The summed E-state index contributed by atoms with van der Waals surface area (Å²) in [5, 5.41) is 3.50. The Bertz CT molecular complexity index is 896. The summed E-state index contributed by atoms with van der Waals surface area (Å²) in [6, 6.07) is 22.8. The van der Waals surface area contributed by atoms with Crippen molar-refractivity contribution in [3.63, 3.8) is 0 Å². The van der Waals surface area contributed by atoms with E-state index in [-0.39, 0.29) is 0 Å². The monoisotopic (exact) mass is 439 g/mol. The molecule has 0 unspecified atom stereocenters. The second-order valence-corrected chi connectivity index (χ2v) is 7.58. The summed E-state index contributed by atoms with van der Waals surface area (Å²) in [5.74, 6) is 1.49. The molecule has 3 aromatic carbocycles. The highest BCUT2D eigenvalue weighted by molar-refractivity contribution is 9.10. The van der Waals surface area contributed by atoms with Gasteiger partial charge in [-0.2, -0.15) is 0 Å². The SMILES string of the molecule is COc1cc(CNCCc2ccccc2)c(Br)cc1OCc1ccccc1C. The van der Waals surface area contributed by atoms with Crippen LogP contribution in [-0.2, 0) is 19.6 Å². The van der Waals surface area contributed by atoms with E-state index in [9.17, 15) is 0 Å². The lowest BCUT2D eigenvalue weighted by atomic mass is 10.1. The van der Waals surface area contributed by atoms with Crippen molar-refractivity contribution < 1.29 is 9.47 Å². The van der Waals surface area contributed by atoms with Crippen LogP contribution in [0.25, 0.3) is 0 Å². The van der Waals surface area contributed by atoms with Crippen LogP contribution in [0.1, 0.15) is 22.3 Å². The van der Waals surface area contributed by atoms with Gasteiger partial charge in [0.2, 0.25) is 0 Å². The second kappa shape index (κ2) is 10.3. The Morgan fingerprint density at radius 2 is 1.64 bits per heavy atom. The van der Waals surface area contributed by atoms with Crippen molar-refractivity contribution >= 4 is 15.9 Å². The molecule has 0 aliphatic carbocycles. The zero-order chi connectivity index (χ0) is 19.8. The lowest BCUT2D eigenvalue weighted by Crippen LogP contribution is -2.17. The van der Waals surface area contributed by atoms with Gasteiger partial charge in [-0.1, -0.05) is 70.5 Å². The fourth-order valence-electron chi connectivity index (χ4n) is 3.01. The molecule has 146 valence electrons. The molecule has 0 atom stereocenters. The zero-order valence-electron chi connectivity index (χ0n) is 16.4. The number of benzene rings is 3. The summed E-state index contributed by atoms with van der Waals surface area (Å²) in [4.78, 5) is 0. The molecule has 0 aliphatic heterocycles. The summed E-state index contributed by atoms with van der Waals surface area (Å²) in [5.41, 5.74) is 4.88. The third kappa shape index (κ3) is 5.60. The number of halogens is 1. The molecule has 0 bridgehead atoms. The first kappa shape index (κ1) is 20.4. The molecular formula is C24H26BrNO2. The topological polar surface area (TPSA) is 30.5 Å². The maximum Gasteiger partial charge on any atom is 0.162 e. The third-order valence-corrected chi connectivity index (χ3v) is 5.46. The van der Waals surface area contributed by atoms with Gasteiger partial charge in [0.25, 0.3) is 0 Å². The smallest absolute Gasteiger partial charge is 0.162 e. The molecule has 3 aromatic rings. The largest absolute Gasteiger partial charge is 0.493 e. The van der Waals surface area contributed by atoms with E-state index in [0.29, 0.717) is 6.61 Å². The molecular weight excluding hydrogens is 414 g/mol. The zero-order valence-corrected chi connectivity index (χ0v) is 18.0. The van der Waals surface area contributed by atoms with Crippen molar-refractivity contribution in [1.29, 1.82) is 0 Å². The molecule has 0 aromatic heterocycles. The number of hydrogen-bond acceptors (Lipinski definition) is 3. The summed E-state index contributed by atoms with van der Waals surface area (Å²) < 4.78 is 12.6. The standard InChI is InChI=1S/C24H26BrNO2/c1-18-8-6-7-11-20(18)17-28-24-15-22(25)21(14-23(24)27-2)16-26-13-12-19-9-4-3-5-10-19/h3-11,14-15,26H,12-13,16-17H2,1-2H3. The Balaban J connectivity index is 1.60. The van der Waals surface area contributed by atoms with Gasteiger partial charge in [-0.3, -0.25) is 0 Å². The molecule has 0 saturated carbocycles. The highest BCUT2D eigenvalue weighted by Gasteiger charge is 2.11. The predicted octanol–water partition coefficient (Wildman–Crippen LogP) is 5.68.